The highest BCUT2D eigenvalue weighted by molar-refractivity contribution is 6.17. The van der Waals surface area contributed by atoms with Gasteiger partial charge in [0.1, 0.15) is 28.5 Å². The maximum Gasteiger partial charge on any atom is 0.275 e. The standard InChI is InChI=1S/C36H37N5O3/c1-5-39(6-2)25-17-19-29-33(23-25)44-34-24-26(40(7-3)8-4)18-20-30(34)36(29)28-14-10-9-13-27(28)35(43)41(36)38-22-21-37-31-15-11-12-16-32(31)42/h9-24,42H,5-8H2,1-4H3/b37-21?,38-22+. The number of phenolic OH excluding ortho intramolecular Hbond substituents is 1. The van der Waals surface area contributed by atoms with Crippen LogP contribution in [0.15, 0.2) is 95.0 Å². The maximum absolute atomic E-state index is 14.2. The van der Waals surface area contributed by atoms with Crippen LogP contribution in [0.2, 0.25) is 0 Å². The summed E-state index contributed by atoms with van der Waals surface area (Å²) in [5.74, 6) is 1.23. The molecule has 0 atom stereocenters. The SMILES string of the molecule is CCN(CC)c1ccc2c(c1)Oc1cc(N(CC)CC)ccc1C21c2ccccc2C(=O)N1/N=C/C=Nc1ccccc1O. The molecular formula is C36H37N5O3. The number of carbonyl (C=O) groups is 1. The largest absolute Gasteiger partial charge is 0.506 e. The number of rotatable bonds is 9. The quantitative estimate of drug-likeness (QED) is 0.208. The Bertz CT molecular complexity index is 1700. The van der Waals surface area contributed by atoms with Crippen molar-refractivity contribution in [3.05, 3.63) is 107 Å². The minimum atomic E-state index is -1.07. The van der Waals surface area contributed by atoms with Gasteiger partial charge in [-0.2, -0.15) is 5.10 Å². The lowest BCUT2D eigenvalue weighted by molar-refractivity contribution is 0.0675. The molecule has 0 bridgehead atoms. The number of aromatic hydroxyl groups is 1. The molecule has 2 aliphatic heterocycles. The van der Waals surface area contributed by atoms with Gasteiger partial charge in [0, 0.05) is 78.2 Å². The van der Waals surface area contributed by atoms with E-state index < -0.39 is 5.54 Å². The summed E-state index contributed by atoms with van der Waals surface area (Å²) in [7, 11) is 0. The Morgan fingerprint density at radius 3 is 1.91 bits per heavy atom. The molecule has 4 aromatic carbocycles. The highest BCUT2D eigenvalue weighted by atomic mass is 16.5. The van der Waals surface area contributed by atoms with E-state index in [0.717, 1.165) is 54.2 Å². The molecule has 1 amide bonds. The minimum Gasteiger partial charge on any atom is -0.506 e. The third-order valence-corrected chi connectivity index (χ3v) is 8.59. The van der Waals surface area contributed by atoms with E-state index in [4.69, 9.17) is 9.84 Å². The average Bonchev–Trinajstić information content (AvgIpc) is 3.29. The molecule has 0 fully saturated rings. The normalized spacial score (nSPS) is 14.5. The smallest absolute Gasteiger partial charge is 0.275 e. The lowest BCUT2D eigenvalue weighted by atomic mass is 9.75. The summed E-state index contributed by atoms with van der Waals surface area (Å²) in [6, 6.07) is 27.0. The van der Waals surface area contributed by atoms with E-state index in [2.05, 4.69) is 78.9 Å². The van der Waals surface area contributed by atoms with Gasteiger partial charge in [0.05, 0.1) is 6.21 Å². The molecule has 0 saturated carbocycles. The molecule has 0 aromatic heterocycles. The number of hydrogen-bond donors (Lipinski definition) is 1. The van der Waals surface area contributed by atoms with Crippen LogP contribution in [-0.4, -0.2) is 54.6 Å². The zero-order valence-corrected chi connectivity index (χ0v) is 25.6. The Morgan fingerprint density at radius 1 is 0.750 bits per heavy atom. The predicted octanol–water partition coefficient (Wildman–Crippen LogP) is 7.33. The Hall–Kier alpha value is -5.11. The second kappa shape index (κ2) is 11.9. The third-order valence-electron chi connectivity index (χ3n) is 8.59. The van der Waals surface area contributed by atoms with Gasteiger partial charge in [0.25, 0.3) is 5.91 Å². The van der Waals surface area contributed by atoms with Gasteiger partial charge in [-0.05, 0) is 58.0 Å². The molecule has 0 saturated heterocycles. The van der Waals surface area contributed by atoms with Crippen LogP contribution in [0.4, 0.5) is 17.1 Å². The van der Waals surface area contributed by atoms with Crippen molar-refractivity contribution < 1.29 is 14.6 Å². The van der Waals surface area contributed by atoms with Crippen LogP contribution in [0, 0.1) is 0 Å². The molecule has 8 heteroatoms. The molecule has 0 aliphatic carbocycles. The molecule has 6 rings (SSSR count). The first-order valence-electron chi connectivity index (χ1n) is 15.2. The summed E-state index contributed by atoms with van der Waals surface area (Å²) < 4.78 is 6.72. The van der Waals surface area contributed by atoms with E-state index in [9.17, 15) is 9.90 Å². The summed E-state index contributed by atoms with van der Waals surface area (Å²) in [5, 5.41) is 16.5. The fourth-order valence-electron chi connectivity index (χ4n) is 6.43. The minimum absolute atomic E-state index is 0.0681. The Balaban J connectivity index is 1.58. The second-order valence-electron chi connectivity index (χ2n) is 10.7. The molecule has 224 valence electrons. The Kier molecular flexibility index (Phi) is 7.82. The van der Waals surface area contributed by atoms with E-state index in [1.807, 2.05) is 24.3 Å². The van der Waals surface area contributed by atoms with Gasteiger partial charge in [0.15, 0.2) is 0 Å². The van der Waals surface area contributed by atoms with Gasteiger partial charge < -0.3 is 19.6 Å². The first-order chi connectivity index (χ1) is 21.5. The fourth-order valence-corrected chi connectivity index (χ4v) is 6.43. The Morgan fingerprint density at radius 2 is 1.32 bits per heavy atom. The zero-order chi connectivity index (χ0) is 30.8. The highest BCUT2D eigenvalue weighted by Crippen LogP contribution is 2.58. The first-order valence-corrected chi connectivity index (χ1v) is 15.2. The average molecular weight is 588 g/mol. The van der Waals surface area contributed by atoms with Gasteiger partial charge >= 0.3 is 0 Å². The van der Waals surface area contributed by atoms with Crippen molar-refractivity contribution in [3.8, 4) is 17.2 Å². The number of para-hydroxylation sites is 2. The Labute approximate surface area is 258 Å². The van der Waals surface area contributed by atoms with E-state index in [1.54, 1.807) is 29.3 Å². The molecule has 8 nitrogen and oxygen atoms in total. The summed E-state index contributed by atoms with van der Waals surface area (Å²) >= 11 is 0. The van der Waals surface area contributed by atoms with Crippen LogP contribution in [-0.2, 0) is 5.54 Å². The van der Waals surface area contributed by atoms with Gasteiger partial charge in [-0.15, -0.1) is 0 Å². The number of nitrogens with zero attached hydrogens (tertiary/aromatic N) is 5. The maximum atomic E-state index is 14.2. The monoisotopic (exact) mass is 587 g/mol. The molecular weight excluding hydrogens is 550 g/mol. The number of phenols is 1. The van der Waals surface area contributed by atoms with Crippen molar-refractivity contribution >= 4 is 35.4 Å². The van der Waals surface area contributed by atoms with E-state index >= 15 is 0 Å². The van der Waals surface area contributed by atoms with Crippen molar-refractivity contribution in [1.82, 2.24) is 5.01 Å². The van der Waals surface area contributed by atoms with Crippen LogP contribution in [0.1, 0.15) is 54.7 Å². The van der Waals surface area contributed by atoms with Crippen LogP contribution >= 0.6 is 0 Å². The predicted molar refractivity (Wildman–Crippen MR) is 177 cm³/mol. The first kappa shape index (κ1) is 29.0. The van der Waals surface area contributed by atoms with Crippen LogP contribution in [0.5, 0.6) is 17.2 Å². The van der Waals surface area contributed by atoms with E-state index in [1.165, 1.54) is 12.4 Å². The van der Waals surface area contributed by atoms with Crippen molar-refractivity contribution in [1.29, 1.82) is 0 Å². The number of hydrazone groups is 1. The molecule has 4 aromatic rings. The fraction of sp³-hybridized carbons (Fsp3) is 0.250. The van der Waals surface area contributed by atoms with Crippen molar-refractivity contribution in [2.24, 2.45) is 10.1 Å². The molecule has 1 N–H and O–H groups in total. The van der Waals surface area contributed by atoms with Crippen LogP contribution in [0.25, 0.3) is 0 Å². The molecule has 0 unspecified atom stereocenters. The number of benzene rings is 4. The molecule has 44 heavy (non-hydrogen) atoms. The highest BCUT2D eigenvalue weighted by Gasteiger charge is 2.57. The number of carbonyl (C=O) groups excluding carboxylic acids is 1. The molecule has 0 radical (unpaired) electrons. The summed E-state index contributed by atoms with van der Waals surface area (Å²) in [6.45, 7) is 12.0. The number of anilines is 2. The lowest BCUT2D eigenvalue weighted by Gasteiger charge is -2.42. The van der Waals surface area contributed by atoms with E-state index in [-0.39, 0.29) is 11.7 Å². The molecule has 2 heterocycles. The lowest BCUT2D eigenvalue weighted by Crippen LogP contribution is -2.44. The van der Waals surface area contributed by atoms with Crippen molar-refractivity contribution in [3.63, 3.8) is 0 Å². The number of fused-ring (bicyclic) bond motifs is 6. The number of aliphatic imine (C=N–C) groups is 1. The van der Waals surface area contributed by atoms with Gasteiger partial charge in [0.2, 0.25) is 0 Å². The van der Waals surface area contributed by atoms with Crippen LogP contribution in [0.3, 0.4) is 0 Å². The van der Waals surface area contributed by atoms with Crippen LogP contribution < -0.4 is 14.5 Å². The summed E-state index contributed by atoms with van der Waals surface area (Å²) in [6.07, 6.45) is 2.99. The second-order valence-corrected chi connectivity index (χ2v) is 10.7. The molecule has 2 aliphatic rings. The van der Waals surface area contributed by atoms with Crippen molar-refractivity contribution in [2.45, 2.75) is 33.2 Å². The van der Waals surface area contributed by atoms with Gasteiger partial charge in [-0.3, -0.25) is 9.79 Å². The molecule has 1 spiro atoms. The van der Waals surface area contributed by atoms with Gasteiger partial charge in [-0.1, -0.05) is 42.5 Å². The van der Waals surface area contributed by atoms with Gasteiger partial charge in [-0.25, -0.2) is 5.01 Å². The third kappa shape index (κ3) is 4.58. The number of ether oxygens (including phenoxy) is 1. The summed E-state index contributed by atoms with van der Waals surface area (Å²) in [4.78, 5) is 23.1. The van der Waals surface area contributed by atoms with E-state index in [0.29, 0.717) is 22.7 Å². The number of hydrogen-bond acceptors (Lipinski definition) is 7. The number of amides is 1. The topological polar surface area (TPSA) is 81.0 Å². The summed E-state index contributed by atoms with van der Waals surface area (Å²) in [5.41, 5.74) is 4.55. The zero-order valence-electron chi connectivity index (χ0n) is 25.6. The van der Waals surface area contributed by atoms with Crippen molar-refractivity contribution in [2.75, 3.05) is 36.0 Å².